The van der Waals surface area contributed by atoms with Crippen molar-refractivity contribution in [3.63, 3.8) is 0 Å². The SMILES string of the molecule is COC1CC(CC[C@H]2C[C@H](O)C[C@H](C3CC(OC)C(O)C(OC[C@@H]4N[C@@H](C)CC[C@@H]4CC4CCNC(N)C4)C3)O2)CCC1O. The Kier molecular flexibility index (Phi) is 13.2. The van der Waals surface area contributed by atoms with E-state index in [-0.39, 0.29) is 60.9 Å². The van der Waals surface area contributed by atoms with Gasteiger partial charge in [-0.25, -0.2) is 0 Å². The number of nitrogens with one attached hydrogen (secondary N) is 2. The van der Waals surface area contributed by atoms with Crippen molar-refractivity contribution >= 4 is 0 Å². The van der Waals surface area contributed by atoms with E-state index in [4.69, 9.17) is 24.7 Å². The molecule has 9 unspecified atom stereocenters. The van der Waals surface area contributed by atoms with Gasteiger partial charge in [0.25, 0.3) is 0 Å². The number of aliphatic hydroxyl groups is 3. The highest BCUT2D eigenvalue weighted by atomic mass is 16.5. The number of ether oxygens (including phenoxy) is 4. The quantitative estimate of drug-likeness (QED) is 0.202. The van der Waals surface area contributed by atoms with Gasteiger partial charge in [-0.05, 0) is 127 Å². The van der Waals surface area contributed by atoms with Crippen LogP contribution in [0.1, 0.15) is 96.8 Å². The van der Waals surface area contributed by atoms with Gasteiger partial charge >= 0.3 is 0 Å². The molecule has 3 saturated heterocycles. The van der Waals surface area contributed by atoms with E-state index in [1.807, 2.05) is 0 Å². The van der Waals surface area contributed by atoms with Gasteiger partial charge in [0.05, 0.1) is 55.5 Å². The molecule has 7 N–H and O–H groups in total. The molecular weight excluding hydrogens is 562 g/mol. The summed E-state index contributed by atoms with van der Waals surface area (Å²) in [4.78, 5) is 0. The van der Waals surface area contributed by atoms with Crippen LogP contribution in [0.25, 0.3) is 0 Å². The molecule has 3 heterocycles. The maximum atomic E-state index is 11.3. The van der Waals surface area contributed by atoms with Crippen molar-refractivity contribution in [3.8, 4) is 0 Å². The van der Waals surface area contributed by atoms with Gasteiger partial charge in [0.15, 0.2) is 0 Å². The summed E-state index contributed by atoms with van der Waals surface area (Å²) in [5, 5.41) is 39.5. The predicted molar refractivity (Wildman–Crippen MR) is 169 cm³/mol. The number of hydrogen-bond acceptors (Lipinski definition) is 10. The number of piperidine rings is 2. The molecule has 44 heavy (non-hydrogen) atoms. The summed E-state index contributed by atoms with van der Waals surface area (Å²) < 4.78 is 24.6. The number of hydrogen-bond donors (Lipinski definition) is 6. The molecule has 5 rings (SSSR count). The highest BCUT2D eigenvalue weighted by Crippen LogP contribution is 2.39. The highest BCUT2D eigenvalue weighted by molar-refractivity contribution is 4.95. The molecule has 0 bridgehead atoms. The zero-order valence-corrected chi connectivity index (χ0v) is 27.5. The summed E-state index contributed by atoms with van der Waals surface area (Å²) in [7, 11) is 3.36. The largest absolute Gasteiger partial charge is 0.393 e. The number of methoxy groups -OCH3 is 2. The van der Waals surface area contributed by atoms with Crippen LogP contribution >= 0.6 is 0 Å². The van der Waals surface area contributed by atoms with Gasteiger partial charge in [0, 0.05) is 26.3 Å². The molecule has 0 aromatic heterocycles. The Balaban J connectivity index is 1.16. The lowest BCUT2D eigenvalue weighted by atomic mass is 9.76. The third kappa shape index (κ3) is 9.36. The summed E-state index contributed by atoms with van der Waals surface area (Å²) in [6.45, 7) is 3.83. The second-order valence-corrected chi connectivity index (χ2v) is 15.1. The molecule has 256 valence electrons. The van der Waals surface area contributed by atoms with Crippen LogP contribution in [0.2, 0.25) is 0 Å². The first-order valence-corrected chi connectivity index (χ1v) is 17.8. The molecule has 2 saturated carbocycles. The minimum absolute atomic E-state index is 0.0144. The fourth-order valence-electron chi connectivity index (χ4n) is 9.18. The highest BCUT2D eigenvalue weighted by Gasteiger charge is 2.44. The van der Waals surface area contributed by atoms with Gasteiger partial charge < -0.3 is 50.6 Å². The van der Waals surface area contributed by atoms with Crippen molar-refractivity contribution in [3.05, 3.63) is 0 Å². The normalized spacial score (nSPS) is 47.4. The van der Waals surface area contributed by atoms with Crippen LogP contribution in [0.3, 0.4) is 0 Å². The maximum absolute atomic E-state index is 11.3. The Morgan fingerprint density at radius 1 is 0.818 bits per heavy atom. The molecule has 0 radical (unpaired) electrons. The summed E-state index contributed by atoms with van der Waals surface area (Å²) in [6, 6.07) is 0.716. The molecule has 5 aliphatic rings. The van der Waals surface area contributed by atoms with Crippen LogP contribution in [0, 0.1) is 23.7 Å². The molecule has 3 aliphatic heterocycles. The van der Waals surface area contributed by atoms with E-state index < -0.39 is 6.10 Å². The van der Waals surface area contributed by atoms with Crippen molar-refractivity contribution in [2.75, 3.05) is 27.4 Å². The third-order valence-electron chi connectivity index (χ3n) is 11.8. The Labute approximate surface area is 265 Å². The van der Waals surface area contributed by atoms with E-state index in [2.05, 4.69) is 17.6 Å². The van der Waals surface area contributed by atoms with Crippen LogP contribution in [0.4, 0.5) is 0 Å². The fourth-order valence-corrected chi connectivity index (χ4v) is 9.18. The first kappa shape index (κ1) is 34.9. The molecule has 2 aliphatic carbocycles. The second kappa shape index (κ2) is 16.6. The molecule has 15 atom stereocenters. The Morgan fingerprint density at radius 3 is 2.39 bits per heavy atom. The molecule has 0 aromatic rings. The van der Waals surface area contributed by atoms with Gasteiger partial charge in [0.2, 0.25) is 0 Å². The van der Waals surface area contributed by atoms with Gasteiger partial charge in [-0.1, -0.05) is 0 Å². The van der Waals surface area contributed by atoms with Crippen molar-refractivity contribution in [1.29, 1.82) is 0 Å². The molecule has 0 amide bonds. The molecule has 0 spiro atoms. The van der Waals surface area contributed by atoms with Crippen LogP contribution in [-0.4, -0.2) is 110 Å². The summed E-state index contributed by atoms with van der Waals surface area (Å²) in [5.74, 6) is 1.85. The zero-order valence-electron chi connectivity index (χ0n) is 27.5. The lowest BCUT2D eigenvalue weighted by Crippen LogP contribution is -2.54. The van der Waals surface area contributed by atoms with E-state index in [9.17, 15) is 15.3 Å². The van der Waals surface area contributed by atoms with Crippen molar-refractivity contribution in [2.45, 2.75) is 164 Å². The Morgan fingerprint density at radius 2 is 1.61 bits per heavy atom. The van der Waals surface area contributed by atoms with Gasteiger partial charge in [-0.2, -0.15) is 0 Å². The number of nitrogens with two attached hydrogens (primary N) is 1. The monoisotopic (exact) mass is 625 g/mol. The average molecular weight is 626 g/mol. The van der Waals surface area contributed by atoms with Crippen LogP contribution in [-0.2, 0) is 18.9 Å². The summed E-state index contributed by atoms with van der Waals surface area (Å²) in [6.07, 6.45) is 10.9. The van der Waals surface area contributed by atoms with Crippen LogP contribution < -0.4 is 16.4 Å². The van der Waals surface area contributed by atoms with Crippen molar-refractivity contribution in [1.82, 2.24) is 10.6 Å². The van der Waals surface area contributed by atoms with Gasteiger partial charge in [-0.3, -0.25) is 0 Å². The molecular formula is C34H63N3O7. The van der Waals surface area contributed by atoms with E-state index in [1.165, 1.54) is 25.7 Å². The second-order valence-electron chi connectivity index (χ2n) is 15.1. The minimum atomic E-state index is -0.683. The standard InChI is InChI=1S/C34H63N3O7/c1-20-4-7-23(12-22-10-11-36-33(35)14-22)27(37-20)19-43-32-16-24(15-31(42-3)34(32)40)29-18-25(38)17-26(44-29)8-5-21-6-9-28(39)30(13-21)41-2/h20-34,36-40H,4-19,35H2,1-3H3/t20-,21?,22?,23+,24?,25-,26-,27-,28?,29+,30?,31?,32?,33?,34?/m0/s1. The Bertz CT molecular complexity index is 856. The third-order valence-corrected chi connectivity index (χ3v) is 11.8. The van der Waals surface area contributed by atoms with E-state index >= 15 is 0 Å². The average Bonchev–Trinajstić information content (AvgIpc) is 3.01. The van der Waals surface area contributed by atoms with Crippen LogP contribution in [0.15, 0.2) is 0 Å². The van der Waals surface area contributed by atoms with Crippen molar-refractivity contribution in [2.24, 2.45) is 29.4 Å². The lowest BCUT2D eigenvalue weighted by molar-refractivity contribution is -0.179. The zero-order chi connectivity index (χ0) is 31.2. The van der Waals surface area contributed by atoms with E-state index in [1.54, 1.807) is 14.2 Å². The van der Waals surface area contributed by atoms with E-state index in [0.29, 0.717) is 56.1 Å². The lowest BCUT2D eigenvalue weighted by Gasteiger charge is -2.45. The molecule has 0 aromatic carbocycles. The topological polar surface area (TPSA) is 148 Å². The number of rotatable bonds is 11. The van der Waals surface area contributed by atoms with E-state index in [0.717, 1.165) is 45.1 Å². The predicted octanol–water partition coefficient (Wildman–Crippen LogP) is 2.45. The van der Waals surface area contributed by atoms with Crippen LogP contribution in [0.5, 0.6) is 0 Å². The Hall–Kier alpha value is -0.400. The smallest absolute Gasteiger partial charge is 0.106 e. The maximum Gasteiger partial charge on any atom is 0.106 e. The number of aliphatic hydroxyl groups excluding tert-OH is 3. The summed E-state index contributed by atoms with van der Waals surface area (Å²) in [5.41, 5.74) is 6.21. The molecule has 10 nitrogen and oxygen atoms in total. The summed E-state index contributed by atoms with van der Waals surface area (Å²) >= 11 is 0. The first-order chi connectivity index (χ1) is 21.2. The van der Waals surface area contributed by atoms with Gasteiger partial charge in [0.1, 0.15) is 6.10 Å². The molecule has 10 heteroatoms. The van der Waals surface area contributed by atoms with Crippen molar-refractivity contribution < 1.29 is 34.3 Å². The fraction of sp³-hybridized carbons (Fsp3) is 1.00. The minimum Gasteiger partial charge on any atom is -0.393 e. The molecule has 5 fully saturated rings. The van der Waals surface area contributed by atoms with Gasteiger partial charge in [-0.15, -0.1) is 0 Å². The first-order valence-electron chi connectivity index (χ1n) is 17.8.